The van der Waals surface area contributed by atoms with Crippen molar-refractivity contribution in [2.24, 2.45) is 0 Å². The van der Waals surface area contributed by atoms with Crippen molar-refractivity contribution in [2.75, 3.05) is 21.3 Å². The molecule has 5 heteroatoms. The first-order chi connectivity index (χ1) is 5.16. The molecule has 0 unspecified atom stereocenters. The van der Waals surface area contributed by atoms with Crippen LogP contribution in [0.25, 0.3) is 0 Å². The van der Waals surface area contributed by atoms with Gasteiger partial charge >= 0.3 is 8.80 Å². The fraction of sp³-hybridized carbons (Fsp3) is 1.00. The zero-order chi connectivity index (χ0) is 8.91. The normalized spacial score (nSPS) is 15.0. The minimum absolute atomic E-state index is 0.0579. The van der Waals surface area contributed by atoms with Crippen molar-refractivity contribution in [1.82, 2.24) is 0 Å². The van der Waals surface area contributed by atoms with Gasteiger partial charge in [-0.2, -0.15) is 12.6 Å². The number of hydrogen-bond donors (Lipinski definition) is 1. The summed E-state index contributed by atoms with van der Waals surface area (Å²) in [6.45, 7) is 2.02. The Labute approximate surface area is 74.8 Å². The van der Waals surface area contributed by atoms with Crippen LogP contribution in [0.4, 0.5) is 0 Å². The van der Waals surface area contributed by atoms with Crippen LogP contribution in [0.3, 0.4) is 0 Å². The van der Waals surface area contributed by atoms with Crippen LogP contribution in [0.1, 0.15) is 13.3 Å². The Bertz CT molecular complexity index is 99.7. The molecule has 1 atom stereocenters. The van der Waals surface area contributed by atoms with E-state index in [1.54, 1.807) is 21.3 Å². The van der Waals surface area contributed by atoms with Crippen molar-refractivity contribution in [3.63, 3.8) is 0 Å². The molecular formula is C6H16O3SSi. The van der Waals surface area contributed by atoms with Crippen molar-refractivity contribution in [3.05, 3.63) is 0 Å². The molecule has 0 saturated carbocycles. The molecule has 0 spiro atoms. The third-order valence-electron chi connectivity index (χ3n) is 1.65. The summed E-state index contributed by atoms with van der Waals surface area (Å²) in [6.07, 6.45) is 0.880. The van der Waals surface area contributed by atoms with E-state index in [0.29, 0.717) is 0 Å². The van der Waals surface area contributed by atoms with E-state index in [9.17, 15) is 0 Å². The third kappa shape index (κ3) is 2.45. The van der Waals surface area contributed by atoms with Gasteiger partial charge in [0, 0.05) is 21.3 Å². The molecule has 0 amide bonds. The molecule has 0 radical (unpaired) electrons. The lowest BCUT2D eigenvalue weighted by atomic mass is 10.6. The van der Waals surface area contributed by atoms with Gasteiger partial charge in [-0.05, 0) is 6.42 Å². The first-order valence-corrected chi connectivity index (χ1v) is 5.82. The summed E-state index contributed by atoms with van der Waals surface area (Å²) in [6, 6.07) is 0. The smallest absolute Gasteiger partial charge is 0.376 e. The second-order valence-electron chi connectivity index (χ2n) is 2.14. The molecule has 0 fully saturated rings. The maximum Gasteiger partial charge on any atom is 0.513 e. The molecule has 0 aliphatic rings. The fourth-order valence-corrected chi connectivity index (χ4v) is 3.67. The van der Waals surface area contributed by atoms with Crippen LogP contribution in [0.5, 0.6) is 0 Å². The lowest BCUT2D eigenvalue weighted by molar-refractivity contribution is 0.121. The molecule has 0 N–H and O–H groups in total. The zero-order valence-corrected chi connectivity index (χ0v) is 9.35. The van der Waals surface area contributed by atoms with Crippen LogP contribution in [0.2, 0.25) is 0 Å². The van der Waals surface area contributed by atoms with Gasteiger partial charge in [-0.15, -0.1) is 0 Å². The van der Waals surface area contributed by atoms with Crippen LogP contribution >= 0.6 is 12.6 Å². The van der Waals surface area contributed by atoms with Crippen LogP contribution in [0, 0.1) is 0 Å². The lowest BCUT2D eigenvalue weighted by Gasteiger charge is -2.28. The molecule has 0 aliphatic heterocycles. The second kappa shape index (κ2) is 5.16. The average molecular weight is 196 g/mol. The van der Waals surface area contributed by atoms with E-state index in [1.807, 2.05) is 6.92 Å². The lowest BCUT2D eigenvalue weighted by Crippen LogP contribution is -2.51. The zero-order valence-electron chi connectivity index (χ0n) is 7.46. The predicted octanol–water partition coefficient (Wildman–Crippen LogP) is 1.11. The molecule has 68 valence electrons. The van der Waals surface area contributed by atoms with Gasteiger partial charge in [0.2, 0.25) is 0 Å². The first-order valence-electron chi connectivity index (χ1n) is 3.50. The number of rotatable bonds is 5. The maximum absolute atomic E-state index is 5.21. The van der Waals surface area contributed by atoms with E-state index >= 15 is 0 Å². The Balaban J connectivity index is 4.26. The molecule has 0 aromatic rings. The molecule has 3 nitrogen and oxygen atoms in total. The second-order valence-corrected chi connectivity index (χ2v) is 6.38. The molecule has 0 saturated heterocycles. The van der Waals surface area contributed by atoms with Gasteiger partial charge in [0.05, 0.1) is 4.87 Å². The summed E-state index contributed by atoms with van der Waals surface area (Å²) in [4.78, 5) is 0.0579. The highest BCUT2D eigenvalue weighted by atomic mass is 32.1. The Morgan fingerprint density at radius 2 is 1.55 bits per heavy atom. The predicted molar refractivity (Wildman–Crippen MR) is 49.8 cm³/mol. The van der Waals surface area contributed by atoms with Crippen LogP contribution in [0.15, 0.2) is 0 Å². The summed E-state index contributed by atoms with van der Waals surface area (Å²) in [5.41, 5.74) is 0. The third-order valence-corrected chi connectivity index (χ3v) is 5.89. The van der Waals surface area contributed by atoms with Gasteiger partial charge < -0.3 is 13.3 Å². The molecule has 0 bridgehead atoms. The molecule has 0 aromatic carbocycles. The van der Waals surface area contributed by atoms with Crippen LogP contribution in [-0.4, -0.2) is 35.0 Å². The van der Waals surface area contributed by atoms with Gasteiger partial charge in [-0.25, -0.2) is 0 Å². The Morgan fingerprint density at radius 3 is 1.64 bits per heavy atom. The molecular weight excluding hydrogens is 180 g/mol. The van der Waals surface area contributed by atoms with Crippen molar-refractivity contribution in [1.29, 1.82) is 0 Å². The molecule has 0 heterocycles. The summed E-state index contributed by atoms with van der Waals surface area (Å²) in [7, 11) is 2.33. The standard InChI is InChI=1S/C6H16O3SSi/c1-5-6(10)11(7-2,8-3)9-4/h6,10H,5H2,1-4H3/t6-/m1/s1. The largest absolute Gasteiger partial charge is 0.513 e. The van der Waals surface area contributed by atoms with E-state index < -0.39 is 8.80 Å². The first kappa shape index (κ1) is 11.4. The van der Waals surface area contributed by atoms with E-state index in [4.69, 9.17) is 13.3 Å². The average Bonchev–Trinajstić information content (AvgIpc) is 2.08. The van der Waals surface area contributed by atoms with Gasteiger partial charge in [-0.3, -0.25) is 0 Å². The SMILES string of the molecule is CC[C@H](S)[Si](OC)(OC)OC. The van der Waals surface area contributed by atoms with Crippen molar-refractivity contribution in [2.45, 2.75) is 18.2 Å². The Kier molecular flexibility index (Phi) is 5.37. The molecule has 0 rings (SSSR count). The van der Waals surface area contributed by atoms with E-state index in [2.05, 4.69) is 12.6 Å². The topological polar surface area (TPSA) is 27.7 Å². The summed E-state index contributed by atoms with van der Waals surface area (Å²) in [5, 5.41) is 0. The van der Waals surface area contributed by atoms with Gasteiger partial charge in [0.25, 0.3) is 0 Å². The molecule has 0 aliphatic carbocycles. The van der Waals surface area contributed by atoms with Gasteiger partial charge in [-0.1, -0.05) is 6.92 Å². The summed E-state index contributed by atoms with van der Waals surface area (Å²) < 4.78 is 15.6. The monoisotopic (exact) mass is 196 g/mol. The van der Waals surface area contributed by atoms with E-state index in [1.165, 1.54) is 0 Å². The van der Waals surface area contributed by atoms with E-state index in [0.717, 1.165) is 6.42 Å². The van der Waals surface area contributed by atoms with Crippen molar-refractivity contribution in [3.8, 4) is 0 Å². The minimum atomic E-state index is -2.46. The highest BCUT2D eigenvalue weighted by molar-refractivity contribution is 7.83. The van der Waals surface area contributed by atoms with Crippen LogP contribution in [-0.2, 0) is 13.3 Å². The van der Waals surface area contributed by atoms with Gasteiger partial charge in [0.15, 0.2) is 0 Å². The molecule has 0 aromatic heterocycles. The van der Waals surface area contributed by atoms with E-state index in [-0.39, 0.29) is 4.87 Å². The van der Waals surface area contributed by atoms with Gasteiger partial charge in [0.1, 0.15) is 0 Å². The minimum Gasteiger partial charge on any atom is -0.376 e. The summed E-state index contributed by atoms with van der Waals surface area (Å²) >= 11 is 4.34. The number of thiol groups is 1. The molecule has 11 heavy (non-hydrogen) atoms. The van der Waals surface area contributed by atoms with Crippen molar-refractivity contribution >= 4 is 21.4 Å². The highest BCUT2D eigenvalue weighted by Gasteiger charge is 2.44. The summed E-state index contributed by atoms with van der Waals surface area (Å²) in [5.74, 6) is 0. The fourth-order valence-electron chi connectivity index (χ4n) is 0.908. The van der Waals surface area contributed by atoms with Crippen molar-refractivity contribution < 1.29 is 13.3 Å². The Morgan fingerprint density at radius 1 is 1.18 bits per heavy atom. The highest BCUT2D eigenvalue weighted by Crippen LogP contribution is 2.19. The quantitative estimate of drug-likeness (QED) is 0.527. The maximum atomic E-state index is 5.21. The number of hydrogen-bond acceptors (Lipinski definition) is 4. The Hall–Kier alpha value is 0.447. The van der Waals surface area contributed by atoms with Crippen LogP contribution < -0.4 is 0 Å².